The number of aromatic hydroxyl groups is 1. The predicted molar refractivity (Wildman–Crippen MR) is 121 cm³/mol. The number of dihydropyridines is 1. The average Bonchev–Trinajstić information content (AvgIpc) is 2.78. The standard InChI is InChI=1S/C25H24ClNO5/c1-13-22(25(30)32-3)23(14-8-9-19(28)21(12-14)31-2)24-18(27-13)10-15(11-20(24)29)16-6-4-5-7-17(16)26/h4-9,12,15,23,27-28H,10-11H2,1-3H3/t15-,23-/m0/s1. The van der Waals surface area contributed by atoms with Crippen molar-refractivity contribution in [1.82, 2.24) is 5.32 Å². The molecule has 0 amide bonds. The second-order valence-corrected chi connectivity index (χ2v) is 8.37. The Morgan fingerprint density at radius 2 is 1.91 bits per heavy atom. The van der Waals surface area contributed by atoms with E-state index in [0.29, 0.717) is 33.9 Å². The van der Waals surface area contributed by atoms with Crippen LogP contribution in [0.3, 0.4) is 0 Å². The first-order valence-electron chi connectivity index (χ1n) is 10.3. The first kappa shape index (κ1) is 22.0. The van der Waals surface area contributed by atoms with Gasteiger partial charge in [-0.2, -0.15) is 0 Å². The summed E-state index contributed by atoms with van der Waals surface area (Å²) in [6.45, 7) is 1.80. The molecule has 166 valence electrons. The SMILES string of the molecule is COC(=O)C1=C(C)NC2=C(C(=O)C[C@@H](c3ccccc3Cl)C2)[C@H]1c1ccc(O)c(OC)c1. The minimum absolute atomic E-state index is 0.0199. The van der Waals surface area contributed by atoms with E-state index < -0.39 is 11.9 Å². The zero-order chi connectivity index (χ0) is 23.0. The van der Waals surface area contributed by atoms with Crippen molar-refractivity contribution in [3.63, 3.8) is 0 Å². The van der Waals surface area contributed by atoms with Gasteiger partial charge >= 0.3 is 5.97 Å². The summed E-state index contributed by atoms with van der Waals surface area (Å²) in [5.74, 6) is -1.03. The number of esters is 1. The van der Waals surface area contributed by atoms with Crippen molar-refractivity contribution in [2.24, 2.45) is 0 Å². The molecule has 0 radical (unpaired) electrons. The fourth-order valence-electron chi connectivity index (χ4n) is 4.65. The van der Waals surface area contributed by atoms with Gasteiger partial charge in [0, 0.05) is 34.3 Å². The quantitative estimate of drug-likeness (QED) is 0.659. The van der Waals surface area contributed by atoms with E-state index in [-0.39, 0.29) is 29.6 Å². The number of phenolic OH excluding ortho intramolecular Hbond substituents is 1. The average molecular weight is 454 g/mol. The van der Waals surface area contributed by atoms with E-state index in [9.17, 15) is 14.7 Å². The lowest BCUT2D eigenvalue weighted by Crippen LogP contribution is -2.36. The summed E-state index contributed by atoms with van der Waals surface area (Å²) in [4.78, 5) is 26.2. The molecule has 2 aromatic carbocycles. The monoisotopic (exact) mass is 453 g/mol. The van der Waals surface area contributed by atoms with Gasteiger partial charge in [0.15, 0.2) is 17.3 Å². The van der Waals surface area contributed by atoms with Gasteiger partial charge in [0.25, 0.3) is 0 Å². The molecule has 0 saturated heterocycles. The van der Waals surface area contributed by atoms with Crippen molar-refractivity contribution < 1.29 is 24.2 Å². The highest BCUT2D eigenvalue weighted by molar-refractivity contribution is 6.31. The van der Waals surface area contributed by atoms with Crippen LogP contribution < -0.4 is 10.1 Å². The highest BCUT2D eigenvalue weighted by Gasteiger charge is 2.41. The number of carbonyl (C=O) groups is 2. The minimum atomic E-state index is -0.632. The molecule has 32 heavy (non-hydrogen) atoms. The largest absolute Gasteiger partial charge is 0.504 e. The number of benzene rings is 2. The van der Waals surface area contributed by atoms with Crippen LogP contribution in [0.1, 0.15) is 42.7 Å². The summed E-state index contributed by atoms with van der Waals surface area (Å²) >= 11 is 6.41. The zero-order valence-electron chi connectivity index (χ0n) is 18.1. The molecule has 0 spiro atoms. The van der Waals surface area contributed by atoms with Crippen molar-refractivity contribution in [2.45, 2.75) is 31.6 Å². The van der Waals surface area contributed by atoms with Gasteiger partial charge in [0.1, 0.15) is 0 Å². The van der Waals surface area contributed by atoms with Crippen LogP contribution in [-0.4, -0.2) is 31.1 Å². The molecule has 0 aromatic heterocycles. The molecule has 4 rings (SSSR count). The Labute approximate surface area is 191 Å². The van der Waals surface area contributed by atoms with Crippen molar-refractivity contribution in [1.29, 1.82) is 0 Å². The maximum absolute atomic E-state index is 13.5. The van der Waals surface area contributed by atoms with Gasteiger partial charge in [0.2, 0.25) is 0 Å². The van der Waals surface area contributed by atoms with Crippen LogP contribution in [0.4, 0.5) is 0 Å². The molecule has 0 saturated carbocycles. The summed E-state index contributed by atoms with van der Waals surface area (Å²) in [6, 6.07) is 12.4. The Bertz CT molecular complexity index is 1170. The van der Waals surface area contributed by atoms with Gasteiger partial charge in [-0.3, -0.25) is 4.79 Å². The number of ketones is 1. The molecular weight excluding hydrogens is 430 g/mol. The second kappa shape index (κ2) is 8.71. The number of allylic oxidation sites excluding steroid dienone is 3. The molecule has 1 aliphatic carbocycles. The maximum atomic E-state index is 13.5. The van der Waals surface area contributed by atoms with Crippen LogP contribution in [0, 0.1) is 0 Å². The zero-order valence-corrected chi connectivity index (χ0v) is 18.8. The second-order valence-electron chi connectivity index (χ2n) is 7.96. The smallest absolute Gasteiger partial charge is 0.336 e. The fourth-order valence-corrected chi connectivity index (χ4v) is 4.94. The van der Waals surface area contributed by atoms with Gasteiger partial charge in [0.05, 0.1) is 19.8 Å². The Kier molecular flexibility index (Phi) is 5.98. The third-order valence-electron chi connectivity index (χ3n) is 6.12. The number of carbonyl (C=O) groups excluding carboxylic acids is 2. The van der Waals surface area contributed by atoms with Crippen molar-refractivity contribution in [3.8, 4) is 11.5 Å². The summed E-state index contributed by atoms with van der Waals surface area (Å²) < 4.78 is 10.3. The van der Waals surface area contributed by atoms with Gasteiger partial charge in [-0.25, -0.2) is 4.79 Å². The van der Waals surface area contributed by atoms with Crippen LogP contribution >= 0.6 is 11.6 Å². The summed E-state index contributed by atoms with van der Waals surface area (Å²) in [7, 11) is 2.77. The molecule has 0 unspecified atom stereocenters. The molecule has 6 nitrogen and oxygen atoms in total. The van der Waals surface area contributed by atoms with E-state index in [2.05, 4.69) is 5.32 Å². The van der Waals surface area contributed by atoms with Crippen LogP contribution in [0.15, 0.2) is 65.0 Å². The van der Waals surface area contributed by atoms with Crippen molar-refractivity contribution in [3.05, 3.63) is 81.2 Å². The summed E-state index contributed by atoms with van der Waals surface area (Å²) in [6.07, 6.45) is 0.867. The molecule has 0 fully saturated rings. The fraction of sp³-hybridized carbons (Fsp3) is 0.280. The van der Waals surface area contributed by atoms with Gasteiger partial charge in [-0.1, -0.05) is 35.9 Å². The first-order valence-corrected chi connectivity index (χ1v) is 10.7. The lowest BCUT2D eigenvalue weighted by atomic mass is 9.71. The molecule has 0 bridgehead atoms. The molecule has 1 heterocycles. The Hall–Kier alpha value is -3.25. The number of halogens is 1. The van der Waals surface area contributed by atoms with E-state index in [0.717, 1.165) is 11.3 Å². The van der Waals surface area contributed by atoms with E-state index in [1.165, 1.54) is 20.3 Å². The maximum Gasteiger partial charge on any atom is 0.336 e. The van der Waals surface area contributed by atoms with Gasteiger partial charge in [-0.15, -0.1) is 0 Å². The topological polar surface area (TPSA) is 84.9 Å². The summed E-state index contributed by atoms with van der Waals surface area (Å²) in [5, 5.41) is 14.0. The molecule has 1 aliphatic heterocycles. The van der Waals surface area contributed by atoms with Crippen molar-refractivity contribution >= 4 is 23.4 Å². The van der Waals surface area contributed by atoms with E-state index in [1.807, 2.05) is 24.3 Å². The van der Waals surface area contributed by atoms with Gasteiger partial charge < -0.3 is 19.9 Å². The predicted octanol–water partition coefficient (Wildman–Crippen LogP) is 4.59. The van der Waals surface area contributed by atoms with E-state index >= 15 is 0 Å². The number of nitrogens with one attached hydrogen (secondary N) is 1. The number of rotatable bonds is 4. The number of phenols is 1. The van der Waals surface area contributed by atoms with Crippen LogP contribution in [0.2, 0.25) is 5.02 Å². The highest BCUT2D eigenvalue weighted by Crippen LogP contribution is 2.47. The highest BCUT2D eigenvalue weighted by atomic mass is 35.5. The van der Waals surface area contributed by atoms with Gasteiger partial charge in [-0.05, 0) is 48.6 Å². The van der Waals surface area contributed by atoms with E-state index in [4.69, 9.17) is 21.1 Å². The number of methoxy groups -OCH3 is 2. The van der Waals surface area contributed by atoms with E-state index in [1.54, 1.807) is 19.1 Å². The third kappa shape index (κ3) is 3.75. The summed E-state index contributed by atoms with van der Waals surface area (Å²) in [5.41, 5.74) is 3.89. The first-order chi connectivity index (χ1) is 15.3. The minimum Gasteiger partial charge on any atom is -0.504 e. The number of ether oxygens (including phenoxy) is 2. The third-order valence-corrected chi connectivity index (χ3v) is 6.46. The molecular formula is C25H24ClNO5. The molecule has 7 heteroatoms. The Balaban J connectivity index is 1.84. The van der Waals surface area contributed by atoms with Crippen LogP contribution in [0.5, 0.6) is 11.5 Å². The number of Topliss-reactive ketones (excluding diaryl/α,β-unsaturated/α-hetero) is 1. The van der Waals surface area contributed by atoms with Crippen LogP contribution in [0.25, 0.3) is 0 Å². The van der Waals surface area contributed by atoms with Crippen LogP contribution in [-0.2, 0) is 14.3 Å². The lowest BCUT2D eigenvalue weighted by molar-refractivity contribution is -0.136. The number of hydrogen-bond acceptors (Lipinski definition) is 6. The normalized spacial score (nSPS) is 20.6. The molecule has 2 atom stereocenters. The Morgan fingerprint density at radius 1 is 1.16 bits per heavy atom. The Morgan fingerprint density at radius 3 is 2.59 bits per heavy atom. The molecule has 2 aliphatic rings. The van der Waals surface area contributed by atoms with Crippen molar-refractivity contribution in [2.75, 3.05) is 14.2 Å². The molecule has 2 aromatic rings. The number of hydrogen-bond donors (Lipinski definition) is 2. The lowest BCUT2D eigenvalue weighted by Gasteiger charge is -2.36. The molecule has 2 N–H and O–H groups in total.